The van der Waals surface area contributed by atoms with Crippen LogP contribution >= 0.6 is 0 Å². The fourth-order valence-corrected chi connectivity index (χ4v) is 3.32. The first-order valence-electron chi connectivity index (χ1n) is 7.64. The van der Waals surface area contributed by atoms with Crippen LogP contribution in [0.2, 0.25) is 0 Å². The van der Waals surface area contributed by atoms with Crippen molar-refractivity contribution in [2.45, 2.75) is 64.6 Å². The number of piperazine rings is 1. The smallest absolute Gasteiger partial charge is 0.0480 e. The summed E-state index contributed by atoms with van der Waals surface area (Å²) in [5.41, 5.74) is 0.295. The molecule has 2 rings (SSSR count). The molecular weight excluding hydrogens is 224 g/mol. The van der Waals surface area contributed by atoms with E-state index in [1.54, 1.807) is 0 Å². The number of nitrogens with one attached hydrogen (secondary N) is 1. The van der Waals surface area contributed by atoms with Crippen LogP contribution in [0.3, 0.4) is 0 Å². The predicted molar refractivity (Wildman–Crippen MR) is 75.9 cm³/mol. The second-order valence-electron chi connectivity index (χ2n) is 6.62. The molecule has 2 unspecified atom stereocenters. The Bertz CT molecular complexity index is 263. The number of nitrogens with zero attached hydrogens (tertiary/aromatic N) is 1. The Balaban J connectivity index is 2.08. The van der Waals surface area contributed by atoms with E-state index in [1.165, 1.54) is 25.8 Å². The second kappa shape index (κ2) is 5.89. The van der Waals surface area contributed by atoms with Gasteiger partial charge in [-0.15, -0.1) is 0 Å². The number of hydrogen-bond acceptors (Lipinski definition) is 3. The molecule has 0 amide bonds. The molecule has 0 aromatic rings. The summed E-state index contributed by atoms with van der Waals surface area (Å²) < 4.78 is 5.52. The first-order chi connectivity index (χ1) is 8.56. The molecule has 0 spiro atoms. The third kappa shape index (κ3) is 3.06. The van der Waals surface area contributed by atoms with Crippen molar-refractivity contribution in [3.63, 3.8) is 0 Å². The summed E-state index contributed by atoms with van der Waals surface area (Å²) >= 11 is 0. The first-order valence-corrected chi connectivity index (χ1v) is 7.64. The van der Waals surface area contributed by atoms with Crippen molar-refractivity contribution in [1.29, 1.82) is 0 Å². The highest BCUT2D eigenvalue weighted by Crippen LogP contribution is 2.28. The maximum Gasteiger partial charge on any atom is 0.0480 e. The van der Waals surface area contributed by atoms with Crippen molar-refractivity contribution >= 4 is 0 Å². The molecule has 2 fully saturated rings. The molecule has 2 aliphatic heterocycles. The molecule has 2 heterocycles. The first kappa shape index (κ1) is 14.3. The number of ether oxygens (including phenoxy) is 1. The monoisotopic (exact) mass is 254 g/mol. The Morgan fingerprint density at radius 3 is 2.56 bits per heavy atom. The summed E-state index contributed by atoms with van der Waals surface area (Å²) in [6.45, 7) is 13.6. The van der Waals surface area contributed by atoms with Crippen molar-refractivity contribution in [1.82, 2.24) is 10.2 Å². The lowest BCUT2D eigenvalue weighted by atomic mass is 9.87. The maximum atomic E-state index is 5.52. The predicted octanol–water partition coefficient (Wildman–Crippen LogP) is 2.26. The third-order valence-electron chi connectivity index (χ3n) is 4.91. The molecule has 0 aromatic heterocycles. The fourth-order valence-electron chi connectivity index (χ4n) is 3.32. The van der Waals surface area contributed by atoms with Crippen LogP contribution in [-0.2, 0) is 4.74 Å². The van der Waals surface area contributed by atoms with Crippen molar-refractivity contribution < 1.29 is 4.74 Å². The summed E-state index contributed by atoms with van der Waals surface area (Å²) in [6, 6.07) is 1.42. The Labute approximate surface area is 112 Å². The van der Waals surface area contributed by atoms with Gasteiger partial charge in [0.2, 0.25) is 0 Å². The third-order valence-corrected chi connectivity index (χ3v) is 4.91. The quantitative estimate of drug-likeness (QED) is 0.836. The zero-order valence-corrected chi connectivity index (χ0v) is 12.5. The molecule has 3 heteroatoms. The fraction of sp³-hybridized carbons (Fsp3) is 1.00. The van der Waals surface area contributed by atoms with Gasteiger partial charge in [-0.3, -0.25) is 4.90 Å². The van der Waals surface area contributed by atoms with Gasteiger partial charge in [0.1, 0.15) is 0 Å². The minimum absolute atomic E-state index is 0.295. The van der Waals surface area contributed by atoms with Crippen molar-refractivity contribution in [3.8, 4) is 0 Å². The molecule has 1 N–H and O–H groups in total. The molecule has 2 saturated heterocycles. The van der Waals surface area contributed by atoms with Crippen LogP contribution in [0.25, 0.3) is 0 Å². The topological polar surface area (TPSA) is 24.5 Å². The zero-order valence-electron chi connectivity index (χ0n) is 12.5. The van der Waals surface area contributed by atoms with Gasteiger partial charge in [-0.25, -0.2) is 0 Å². The molecule has 0 radical (unpaired) electrons. The molecule has 2 aliphatic rings. The molecule has 18 heavy (non-hydrogen) atoms. The highest BCUT2D eigenvalue weighted by atomic mass is 16.5. The van der Waals surface area contributed by atoms with Crippen LogP contribution in [0.15, 0.2) is 0 Å². The molecule has 3 nitrogen and oxygen atoms in total. The highest BCUT2D eigenvalue weighted by molar-refractivity contribution is 4.97. The Kier molecular flexibility index (Phi) is 4.68. The Hall–Kier alpha value is -0.120. The van der Waals surface area contributed by atoms with Gasteiger partial charge in [-0.1, -0.05) is 20.8 Å². The molecule has 0 saturated carbocycles. The Morgan fingerprint density at radius 2 is 2.00 bits per heavy atom. The second-order valence-corrected chi connectivity index (χ2v) is 6.62. The van der Waals surface area contributed by atoms with Gasteiger partial charge in [0.15, 0.2) is 0 Å². The minimum atomic E-state index is 0.295. The SMILES string of the molecule is CCC1(C)CN(C2CCOCC2)C(C(C)C)CN1. The van der Waals surface area contributed by atoms with Gasteiger partial charge in [-0.05, 0) is 32.1 Å². The zero-order chi connectivity index (χ0) is 13.2. The van der Waals surface area contributed by atoms with Crippen LogP contribution in [0, 0.1) is 5.92 Å². The number of hydrogen-bond donors (Lipinski definition) is 1. The Morgan fingerprint density at radius 1 is 1.33 bits per heavy atom. The molecular formula is C15H30N2O. The molecule has 106 valence electrons. The van der Waals surface area contributed by atoms with E-state index >= 15 is 0 Å². The molecule has 0 bridgehead atoms. The van der Waals surface area contributed by atoms with E-state index < -0.39 is 0 Å². The van der Waals surface area contributed by atoms with Gasteiger partial charge in [0.05, 0.1) is 0 Å². The van der Waals surface area contributed by atoms with E-state index in [4.69, 9.17) is 4.74 Å². The summed E-state index contributed by atoms with van der Waals surface area (Å²) in [7, 11) is 0. The van der Waals surface area contributed by atoms with E-state index in [2.05, 4.69) is 37.9 Å². The van der Waals surface area contributed by atoms with Crippen LogP contribution in [0.4, 0.5) is 0 Å². The maximum absolute atomic E-state index is 5.52. The van der Waals surface area contributed by atoms with Crippen LogP contribution in [0.1, 0.15) is 47.0 Å². The van der Waals surface area contributed by atoms with Gasteiger partial charge in [0.25, 0.3) is 0 Å². The molecule has 0 aromatic carbocycles. The highest BCUT2D eigenvalue weighted by Gasteiger charge is 2.39. The van der Waals surface area contributed by atoms with E-state index in [1.807, 2.05) is 0 Å². The van der Waals surface area contributed by atoms with Crippen molar-refractivity contribution in [2.75, 3.05) is 26.3 Å². The lowest BCUT2D eigenvalue weighted by molar-refractivity contribution is -0.0257. The largest absolute Gasteiger partial charge is 0.381 e. The van der Waals surface area contributed by atoms with E-state index in [0.29, 0.717) is 11.6 Å². The van der Waals surface area contributed by atoms with Crippen LogP contribution < -0.4 is 5.32 Å². The van der Waals surface area contributed by atoms with E-state index in [-0.39, 0.29) is 0 Å². The number of rotatable bonds is 3. The van der Waals surface area contributed by atoms with Gasteiger partial charge >= 0.3 is 0 Å². The average Bonchev–Trinajstić information content (AvgIpc) is 2.39. The average molecular weight is 254 g/mol. The van der Waals surface area contributed by atoms with E-state index in [9.17, 15) is 0 Å². The lowest BCUT2D eigenvalue weighted by Gasteiger charge is -2.51. The van der Waals surface area contributed by atoms with E-state index in [0.717, 1.165) is 31.7 Å². The summed E-state index contributed by atoms with van der Waals surface area (Å²) in [5, 5.41) is 3.77. The van der Waals surface area contributed by atoms with Crippen LogP contribution in [0.5, 0.6) is 0 Å². The van der Waals surface area contributed by atoms with Gasteiger partial charge in [-0.2, -0.15) is 0 Å². The normalized spacial score (nSPS) is 36.2. The van der Waals surface area contributed by atoms with Crippen LogP contribution in [-0.4, -0.2) is 48.8 Å². The standard InChI is InChI=1S/C15H30N2O/c1-5-15(4)11-17(13-6-8-18-9-7-13)14(10-16-15)12(2)3/h12-14,16H,5-11H2,1-4H3. The minimum Gasteiger partial charge on any atom is -0.381 e. The van der Waals surface area contributed by atoms with Gasteiger partial charge < -0.3 is 10.1 Å². The summed E-state index contributed by atoms with van der Waals surface area (Å²) in [6.07, 6.45) is 3.63. The summed E-state index contributed by atoms with van der Waals surface area (Å²) in [4.78, 5) is 2.78. The van der Waals surface area contributed by atoms with Gasteiger partial charge in [0, 0.05) is 43.9 Å². The summed E-state index contributed by atoms with van der Waals surface area (Å²) in [5.74, 6) is 0.724. The van der Waals surface area contributed by atoms with Crippen molar-refractivity contribution in [3.05, 3.63) is 0 Å². The molecule has 2 atom stereocenters. The lowest BCUT2D eigenvalue weighted by Crippen LogP contribution is -2.66. The van der Waals surface area contributed by atoms with Crippen molar-refractivity contribution in [2.24, 2.45) is 5.92 Å². The molecule has 0 aliphatic carbocycles.